The first-order chi connectivity index (χ1) is 8.27. The molecule has 0 aliphatic carbocycles. The van der Waals surface area contributed by atoms with Crippen LogP contribution in [0.2, 0.25) is 0 Å². The van der Waals surface area contributed by atoms with Gasteiger partial charge in [0, 0.05) is 13.0 Å². The number of ether oxygens (including phenoxy) is 1. The highest BCUT2D eigenvalue weighted by molar-refractivity contribution is 5.76. The van der Waals surface area contributed by atoms with Gasteiger partial charge < -0.3 is 15.0 Å². The van der Waals surface area contributed by atoms with Crippen molar-refractivity contribution in [3.8, 4) is 0 Å². The lowest BCUT2D eigenvalue weighted by atomic mass is 9.93. The van der Waals surface area contributed by atoms with Crippen LogP contribution < -0.4 is 5.32 Å². The summed E-state index contributed by atoms with van der Waals surface area (Å²) in [6.45, 7) is 6.47. The smallest absolute Gasteiger partial charge is 0.222 e. The van der Waals surface area contributed by atoms with Crippen LogP contribution in [0.3, 0.4) is 0 Å². The quantitative estimate of drug-likeness (QED) is 0.800. The zero-order valence-electron chi connectivity index (χ0n) is 10.8. The van der Waals surface area contributed by atoms with Crippen LogP contribution >= 0.6 is 0 Å². The Labute approximate surface area is 104 Å². The van der Waals surface area contributed by atoms with Crippen LogP contribution in [-0.4, -0.2) is 49.7 Å². The Hall–Kier alpha value is -0.610. The average Bonchev–Trinajstić information content (AvgIpc) is 2.38. The fourth-order valence-corrected chi connectivity index (χ4v) is 2.74. The normalized spacial score (nSPS) is 27.1. The van der Waals surface area contributed by atoms with Crippen molar-refractivity contribution in [3.63, 3.8) is 0 Å². The molecule has 98 valence electrons. The third-order valence-electron chi connectivity index (χ3n) is 3.91. The minimum Gasteiger partial charge on any atom is -0.377 e. The van der Waals surface area contributed by atoms with Crippen molar-refractivity contribution in [2.75, 3.05) is 32.8 Å². The molecular formula is C13H24N2O2. The molecular weight excluding hydrogens is 216 g/mol. The molecule has 0 spiro atoms. The van der Waals surface area contributed by atoms with E-state index in [2.05, 4.69) is 12.2 Å². The lowest BCUT2D eigenvalue weighted by Gasteiger charge is -2.34. The lowest BCUT2D eigenvalue weighted by molar-refractivity contribution is -0.139. The Morgan fingerprint density at radius 3 is 2.88 bits per heavy atom. The summed E-state index contributed by atoms with van der Waals surface area (Å²) in [6, 6.07) is 0.254. The van der Waals surface area contributed by atoms with Crippen molar-refractivity contribution in [1.82, 2.24) is 10.2 Å². The van der Waals surface area contributed by atoms with Gasteiger partial charge in [-0.05, 0) is 45.2 Å². The highest BCUT2D eigenvalue weighted by Crippen LogP contribution is 2.19. The van der Waals surface area contributed by atoms with E-state index < -0.39 is 0 Å². The standard InChI is InChI=1S/C13H24N2O2/c1-11-10-17-9-8-15(11)13(16)3-2-12-4-6-14-7-5-12/h11-12,14H,2-10H2,1H3. The number of nitrogens with one attached hydrogen (secondary N) is 1. The van der Waals surface area contributed by atoms with Crippen LogP contribution in [0.15, 0.2) is 0 Å². The van der Waals surface area contributed by atoms with Crippen LogP contribution in [0.5, 0.6) is 0 Å². The Morgan fingerprint density at radius 1 is 1.41 bits per heavy atom. The monoisotopic (exact) mass is 240 g/mol. The van der Waals surface area contributed by atoms with Gasteiger partial charge in [-0.25, -0.2) is 0 Å². The van der Waals surface area contributed by atoms with E-state index in [0.717, 1.165) is 38.4 Å². The summed E-state index contributed by atoms with van der Waals surface area (Å²) in [6.07, 6.45) is 4.23. The molecule has 4 heteroatoms. The van der Waals surface area contributed by atoms with Gasteiger partial charge >= 0.3 is 0 Å². The minimum atomic E-state index is 0.254. The summed E-state index contributed by atoms with van der Waals surface area (Å²) in [5.41, 5.74) is 0. The van der Waals surface area contributed by atoms with Gasteiger partial charge in [-0.2, -0.15) is 0 Å². The van der Waals surface area contributed by atoms with E-state index in [1.54, 1.807) is 0 Å². The molecule has 1 unspecified atom stereocenters. The second-order valence-electron chi connectivity index (χ2n) is 5.24. The molecule has 0 radical (unpaired) electrons. The summed E-state index contributed by atoms with van der Waals surface area (Å²) < 4.78 is 5.35. The molecule has 1 N–H and O–H groups in total. The van der Waals surface area contributed by atoms with Gasteiger partial charge in [-0.15, -0.1) is 0 Å². The maximum atomic E-state index is 12.1. The fourth-order valence-electron chi connectivity index (χ4n) is 2.74. The van der Waals surface area contributed by atoms with E-state index in [-0.39, 0.29) is 6.04 Å². The lowest BCUT2D eigenvalue weighted by Crippen LogP contribution is -2.47. The molecule has 2 rings (SSSR count). The van der Waals surface area contributed by atoms with E-state index in [0.29, 0.717) is 19.1 Å². The Kier molecular flexibility index (Phi) is 4.80. The SMILES string of the molecule is CC1COCCN1C(=O)CCC1CCNCC1. The maximum absolute atomic E-state index is 12.1. The molecule has 4 nitrogen and oxygen atoms in total. The molecule has 2 heterocycles. The molecule has 0 saturated carbocycles. The molecule has 1 amide bonds. The number of piperidine rings is 1. The highest BCUT2D eigenvalue weighted by atomic mass is 16.5. The molecule has 2 aliphatic rings. The number of nitrogens with zero attached hydrogens (tertiary/aromatic N) is 1. The van der Waals surface area contributed by atoms with E-state index >= 15 is 0 Å². The van der Waals surface area contributed by atoms with Gasteiger partial charge in [0.1, 0.15) is 0 Å². The molecule has 2 aliphatic heterocycles. The van der Waals surface area contributed by atoms with E-state index in [1.807, 2.05) is 4.90 Å². The van der Waals surface area contributed by atoms with E-state index in [9.17, 15) is 4.79 Å². The van der Waals surface area contributed by atoms with Crippen LogP contribution in [0.4, 0.5) is 0 Å². The first-order valence-corrected chi connectivity index (χ1v) is 6.85. The van der Waals surface area contributed by atoms with Crippen LogP contribution in [0.25, 0.3) is 0 Å². The van der Waals surface area contributed by atoms with Gasteiger partial charge in [-0.3, -0.25) is 4.79 Å². The Balaban J connectivity index is 1.72. The van der Waals surface area contributed by atoms with Crippen molar-refractivity contribution in [3.05, 3.63) is 0 Å². The van der Waals surface area contributed by atoms with Crippen molar-refractivity contribution in [2.24, 2.45) is 5.92 Å². The maximum Gasteiger partial charge on any atom is 0.222 e. The summed E-state index contributed by atoms with van der Waals surface area (Å²) in [7, 11) is 0. The predicted molar refractivity (Wildman–Crippen MR) is 66.8 cm³/mol. The zero-order chi connectivity index (χ0) is 12.1. The Bertz CT molecular complexity index is 252. The number of amides is 1. The average molecular weight is 240 g/mol. The molecule has 1 atom stereocenters. The molecule has 2 saturated heterocycles. The first kappa shape index (κ1) is 12.8. The van der Waals surface area contributed by atoms with Gasteiger partial charge in [0.25, 0.3) is 0 Å². The van der Waals surface area contributed by atoms with Crippen LogP contribution in [0.1, 0.15) is 32.6 Å². The second-order valence-corrected chi connectivity index (χ2v) is 5.24. The number of carbonyl (C=O) groups excluding carboxylic acids is 1. The largest absolute Gasteiger partial charge is 0.377 e. The first-order valence-electron chi connectivity index (χ1n) is 6.85. The molecule has 17 heavy (non-hydrogen) atoms. The van der Waals surface area contributed by atoms with Crippen molar-refractivity contribution in [2.45, 2.75) is 38.6 Å². The fraction of sp³-hybridized carbons (Fsp3) is 0.923. The third kappa shape index (κ3) is 3.68. The number of carbonyl (C=O) groups is 1. The molecule has 0 bridgehead atoms. The van der Waals surface area contributed by atoms with Crippen molar-refractivity contribution < 1.29 is 9.53 Å². The number of morpholine rings is 1. The molecule has 2 fully saturated rings. The summed E-state index contributed by atoms with van der Waals surface area (Å²) in [5, 5.41) is 3.36. The van der Waals surface area contributed by atoms with Crippen LogP contribution in [0, 0.1) is 5.92 Å². The van der Waals surface area contributed by atoms with E-state index in [1.165, 1.54) is 12.8 Å². The van der Waals surface area contributed by atoms with Crippen LogP contribution in [-0.2, 0) is 9.53 Å². The molecule has 0 aromatic rings. The van der Waals surface area contributed by atoms with Gasteiger partial charge in [0.15, 0.2) is 0 Å². The Morgan fingerprint density at radius 2 is 2.18 bits per heavy atom. The number of hydrogen-bond acceptors (Lipinski definition) is 3. The highest BCUT2D eigenvalue weighted by Gasteiger charge is 2.24. The summed E-state index contributed by atoms with van der Waals surface area (Å²) in [4.78, 5) is 14.1. The van der Waals surface area contributed by atoms with Gasteiger partial charge in [-0.1, -0.05) is 0 Å². The number of hydrogen-bond donors (Lipinski definition) is 1. The van der Waals surface area contributed by atoms with Gasteiger partial charge in [0.05, 0.1) is 19.3 Å². The number of rotatable bonds is 3. The second kappa shape index (κ2) is 6.36. The topological polar surface area (TPSA) is 41.6 Å². The van der Waals surface area contributed by atoms with Crippen molar-refractivity contribution >= 4 is 5.91 Å². The summed E-state index contributed by atoms with van der Waals surface area (Å²) in [5.74, 6) is 1.07. The van der Waals surface area contributed by atoms with E-state index in [4.69, 9.17) is 4.74 Å². The predicted octanol–water partition coefficient (Wildman–Crippen LogP) is 1.01. The minimum absolute atomic E-state index is 0.254. The third-order valence-corrected chi connectivity index (χ3v) is 3.91. The summed E-state index contributed by atoms with van der Waals surface area (Å²) >= 11 is 0. The van der Waals surface area contributed by atoms with Crippen molar-refractivity contribution in [1.29, 1.82) is 0 Å². The van der Waals surface area contributed by atoms with Gasteiger partial charge in [0.2, 0.25) is 5.91 Å². The zero-order valence-corrected chi connectivity index (χ0v) is 10.8. The molecule has 0 aromatic heterocycles. The molecule has 0 aromatic carbocycles.